The molecule has 2 bridgehead atoms. The van der Waals surface area contributed by atoms with Crippen molar-refractivity contribution in [1.82, 2.24) is 0 Å². The van der Waals surface area contributed by atoms with Crippen LogP contribution in [0.4, 0.5) is 4.39 Å². The van der Waals surface area contributed by atoms with Crippen LogP contribution in [0.2, 0.25) is 0 Å². The fraction of sp³-hybridized carbons (Fsp3) is 0.588. The van der Waals surface area contributed by atoms with E-state index >= 15 is 0 Å². The molecule has 2 aliphatic rings. The summed E-state index contributed by atoms with van der Waals surface area (Å²) in [6, 6.07) is 6.34. The molecule has 2 fully saturated rings. The highest BCUT2D eigenvalue weighted by Gasteiger charge is 2.64. The standard InChI is InChI=1S/C17H21FO4/c1-3-20-15(19)17-8-7-16(2,22-17)14(10-17)21-11-12-5-4-6-13(18)9-12/h4-6,9,14H,3,7-8,10-11H2,1-2H3/t14-,16+,17-/m0/s1. The Bertz CT molecular complexity index is 576. The minimum Gasteiger partial charge on any atom is -0.464 e. The Morgan fingerprint density at radius 1 is 1.45 bits per heavy atom. The minimum atomic E-state index is -0.864. The number of halogens is 1. The highest BCUT2D eigenvalue weighted by Crippen LogP contribution is 2.52. The van der Waals surface area contributed by atoms with E-state index in [-0.39, 0.29) is 17.9 Å². The van der Waals surface area contributed by atoms with Gasteiger partial charge in [-0.1, -0.05) is 12.1 Å². The van der Waals surface area contributed by atoms with Crippen molar-refractivity contribution >= 4 is 5.97 Å². The van der Waals surface area contributed by atoms with E-state index in [9.17, 15) is 9.18 Å². The average Bonchev–Trinajstić information content (AvgIpc) is 2.97. The SMILES string of the molecule is CCOC(=O)[C@@]12CC[C@@](C)(O1)[C@@H](OCc1cccc(F)c1)C2. The Hall–Kier alpha value is -1.46. The van der Waals surface area contributed by atoms with Crippen LogP contribution in [0.15, 0.2) is 24.3 Å². The molecular formula is C17H21FO4. The van der Waals surface area contributed by atoms with E-state index in [4.69, 9.17) is 14.2 Å². The van der Waals surface area contributed by atoms with E-state index in [2.05, 4.69) is 0 Å². The Morgan fingerprint density at radius 3 is 3.00 bits per heavy atom. The summed E-state index contributed by atoms with van der Waals surface area (Å²) in [6.07, 6.45) is 1.74. The second-order valence-electron chi connectivity index (χ2n) is 6.26. The fourth-order valence-electron chi connectivity index (χ4n) is 3.43. The monoisotopic (exact) mass is 308 g/mol. The maximum Gasteiger partial charge on any atom is 0.338 e. The molecule has 3 rings (SSSR count). The van der Waals surface area contributed by atoms with Gasteiger partial charge in [-0.3, -0.25) is 0 Å². The molecule has 0 aromatic heterocycles. The molecule has 5 heteroatoms. The normalized spacial score (nSPS) is 33.1. The van der Waals surface area contributed by atoms with Gasteiger partial charge in [0.2, 0.25) is 0 Å². The van der Waals surface area contributed by atoms with Gasteiger partial charge >= 0.3 is 5.97 Å². The number of fused-ring (bicyclic) bond motifs is 2. The lowest BCUT2D eigenvalue weighted by Crippen LogP contribution is -2.40. The highest BCUT2D eigenvalue weighted by molar-refractivity contribution is 5.81. The number of hydrogen-bond donors (Lipinski definition) is 0. The number of esters is 1. The van der Waals surface area contributed by atoms with Crippen LogP contribution in [0.25, 0.3) is 0 Å². The van der Waals surface area contributed by atoms with Crippen LogP contribution in [0.1, 0.15) is 38.7 Å². The molecule has 2 aliphatic heterocycles. The van der Waals surface area contributed by atoms with Crippen molar-refractivity contribution in [2.45, 2.75) is 57.0 Å². The molecule has 1 aromatic rings. The number of carbonyl (C=O) groups excluding carboxylic acids is 1. The molecule has 3 atom stereocenters. The van der Waals surface area contributed by atoms with Crippen LogP contribution in [0.5, 0.6) is 0 Å². The predicted molar refractivity (Wildman–Crippen MR) is 77.7 cm³/mol. The Labute approximate surface area is 129 Å². The van der Waals surface area contributed by atoms with Crippen molar-refractivity contribution in [2.24, 2.45) is 0 Å². The largest absolute Gasteiger partial charge is 0.464 e. The number of hydrogen-bond acceptors (Lipinski definition) is 4. The number of ether oxygens (including phenoxy) is 3. The lowest BCUT2D eigenvalue weighted by molar-refractivity contribution is -0.168. The van der Waals surface area contributed by atoms with Gasteiger partial charge in [0.25, 0.3) is 0 Å². The third-order valence-electron chi connectivity index (χ3n) is 4.64. The summed E-state index contributed by atoms with van der Waals surface area (Å²) in [4.78, 5) is 12.2. The molecule has 2 heterocycles. The summed E-state index contributed by atoms with van der Waals surface area (Å²) in [5, 5.41) is 0. The molecule has 0 radical (unpaired) electrons. The summed E-state index contributed by atoms with van der Waals surface area (Å²) >= 11 is 0. The van der Waals surface area contributed by atoms with Crippen LogP contribution in [0, 0.1) is 5.82 Å². The zero-order chi connectivity index (χ0) is 15.8. The smallest absolute Gasteiger partial charge is 0.338 e. The molecule has 0 unspecified atom stereocenters. The van der Waals surface area contributed by atoms with Crippen LogP contribution in [-0.2, 0) is 25.6 Å². The molecule has 2 saturated heterocycles. The first-order valence-corrected chi connectivity index (χ1v) is 7.71. The first kappa shape index (κ1) is 15.4. The van der Waals surface area contributed by atoms with E-state index in [1.165, 1.54) is 12.1 Å². The first-order valence-electron chi connectivity index (χ1n) is 7.71. The fourth-order valence-corrected chi connectivity index (χ4v) is 3.43. The van der Waals surface area contributed by atoms with E-state index in [0.717, 1.165) is 12.0 Å². The van der Waals surface area contributed by atoms with Crippen LogP contribution in [0.3, 0.4) is 0 Å². The molecule has 0 spiro atoms. The number of benzene rings is 1. The quantitative estimate of drug-likeness (QED) is 0.785. The molecule has 120 valence electrons. The van der Waals surface area contributed by atoms with Gasteiger partial charge in [0, 0.05) is 6.42 Å². The summed E-state index contributed by atoms with van der Waals surface area (Å²) in [5.41, 5.74) is -0.561. The van der Waals surface area contributed by atoms with Gasteiger partial charge in [-0.15, -0.1) is 0 Å². The molecule has 0 amide bonds. The summed E-state index contributed by atoms with van der Waals surface area (Å²) in [6.45, 7) is 4.41. The second kappa shape index (κ2) is 5.63. The van der Waals surface area contributed by atoms with Gasteiger partial charge in [0.05, 0.1) is 24.9 Å². The topological polar surface area (TPSA) is 44.8 Å². The molecule has 0 saturated carbocycles. The third-order valence-corrected chi connectivity index (χ3v) is 4.64. The van der Waals surface area contributed by atoms with Crippen molar-refractivity contribution in [1.29, 1.82) is 0 Å². The Kier molecular flexibility index (Phi) is 3.95. The van der Waals surface area contributed by atoms with Crippen molar-refractivity contribution in [3.63, 3.8) is 0 Å². The van der Waals surface area contributed by atoms with Crippen molar-refractivity contribution in [3.8, 4) is 0 Å². The molecule has 1 aromatic carbocycles. The van der Waals surface area contributed by atoms with E-state index in [1.54, 1.807) is 13.0 Å². The molecular weight excluding hydrogens is 287 g/mol. The van der Waals surface area contributed by atoms with Crippen LogP contribution >= 0.6 is 0 Å². The van der Waals surface area contributed by atoms with Gasteiger partial charge in [-0.2, -0.15) is 0 Å². The van der Waals surface area contributed by atoms with E-state index in [1.807, 2.05) is 13.0 Å². The van der Waals surface area contributed by atoms with Crippen molar-refractivity contribution in [2.75, 3.05) is 6.61 Å². The maximum atomic E-state index is 13.2. The first-order chi connectivity index (χ1) is 10.5. The second-order valence-corrected chi connectivity index (χ2v) is 6.26. The zero-order valence-corrected chi connectivity index (χ0v) is 12.9. The lowest BCUT2D eigenvalue weighted by atomic mass is 9.80. The van der Waals surface area contributed by atoms with Gasteiger partial charge in [-0.05, 0) is 44.4 Å². The van der Waals surface area contributed by atoms with Crippen LogP contribution < -0.4 is 0 Å². The zero-order valence-electron chi connectivity index (χ0n) is 12.9. The third kappa shape index (κ3) is 2.63. The molecule has 22 heavy (non-hydrogen) atoms. The highest BCUT2D eigenvalue weighted by atomic mass is 19.1. The molecule has 0 N–H and O–H groups in total. The molecule has 4 nitrogen and oxygen atoms in total. The summed E-state index contributed by atoms with van der Waals surface area (Å²) in [5.74, 6) is -0.574. The van der Waals surface area contributed by atoms with E-state index in [0.29, 0.717) is 26.1 Å². The summed E-state index contributed by atoms with van der Waals surface area (Å²) < 4.78 is 30.3. The Balaban J connectivity index is 1.67. The minimum absolute atomic E-state index is 0.186. The van der Waals surface area contributed by atoms with Gasteiger partial charge in [0.15, 0.2) is 5.60 Å². The predicted octanol–water partition coefficient (Wildman–Crippen LogP) is 2.99. The molecule has 0 aliphatic carbocycles. The maximum absolute atomic E-state index is 13.2. The van der Waals surface area contributed by atoms with Crippen LogP contribution in [-0.4, -0.2) is 29.9 Å². The number of rotatable bonds is 5. The lowest BCUT2D eigenvalue weighted by Gasteiger charge is -2.29. The van der Waals surface area contributed by atoms with Crippen molar-refractivity contribution < 1.29 is 23.4 Å². The Morgan fingerprint density at radius 2 is 2.27 bits per heavy atom. The van der Waals surface area contributed by atoms with Crippen molar-refractivity contribution in [3.05, 3.63) is 35.6 Å². The van der Waals surface area contributed by atoms with E-state index < -0.39 is 11.2 Å². The summed E-state index contributed by atoms with van der Waals surface area (Å²) in [7, 11) is 0. The average molecular weight is 308 g/mol. The van der Waals surface area contributed by atoms with Gasteiger partial charge in [-0.25, -0.2) is 9.18 Å². The van der Waals surface area contributed by atoms with Gasteiger partial charge in [0.1, 0.15) is 5.82 Å². The number of carbonyl (C=O) groups is 1. The van der Waals surface area contributed by atoms with Gasteiger partial charge < -0.3 is 14.2 Å².